The summed E-state index contributed by atoms with van der Waals surface area (Å²) < 4.78 is 5.22. The fourth-order valence-electron chi connectivity index (χ4n) is 1.24. The molecule has 0 aliphatic rings. The molecule has 0 radical (unpaired) electrons. The number of esters is 1. The van der Waals surface area contributed by atoms with Crippen LogP contribution >= 0.6 is 0 Å². The van der Waals surface area contributed by atoms with Gasteiger partial charge in [0, 0.05) is 12.6 Å². The third-order valence-electron chi connectivity index (χ3n) is 1.38. The Morgan fingerprint density at radius 3 is 2.38 bits per heavy atom. The number of rotatable bonds is 4. The lowest BCUT2D eigenvalue weighted by Gasteiger charge is -2.27. The normalized spacial score (nSPS) is 12.5. The maximum absolute atomic E-state index is 11.1. The number of carbonyl (C=O) groups excluding carboxylic acids is 1. The van der Waals surface area contributed by atoms with Crippen LogP contribution in [0.4, 0.5) is 0 Å². The second-order valence-corrected chi connectivity index (χ2v) is 3.92. The Kier molecular flexibility index (Phi) is 4.70. The molecule has 0 saturated carbocycles. The van der Waals surface area contributed by atoms with Gasteiger partial charge in [-0.25, -0.2) is 4.79 Å². The SMILES string of the molecule is CC=CC(=O)OC(C)(C)CN(C)C. The minimum Gasteiger partial charge on any atom is -0.455 e. The van der Waals surface area contributed by atoms with Gasteiger partial charge in [-0.2, -0.15) is 0 Å². The highest BCUT2D eigenvalue weighted by Gasteiger charge is 2.22. The van der Waals surface area contributed by atoms with Crippen LogP contribution in [0.15, 0.2) is 12.2 Å². The Morgan fingerprint density at radius 2 is 2.00 bits per heavy atom. The fourth-order valence-corrected chi connectivity index (χ4v) is 1.24. The summed E-state index contributed by atoms with van der Waals surface area (Å²) >= 11 is 0. The number of carbonyl (C=O) groups is 1. The quantitative estimate of drug-likeness (QED) is 0.490. The smallest absolute Gasteiger partial charge is 0.330 e. The van der Waals surface area contributed by atoms with Crippen LogP contribution in [0.25, 0.3) is 0 Å². The van der Waals surface area contributed by atoms with E-state index in [1.807, 2.05) is 32.8 Å². The minimum absolute atomic E-state index is 0.283. The van der Waals surface area contributed by atoms with Gasteiger partial charge in [-0.05, 0) is 34.9 Å². The molecular formula is C10H19NO2. The molecule has 3 nitrogen and oxygen atoms in total. The van der Waals surface area contributed by atoms with Gasteiger partial charge in [0.15, 0.2) is 0 Å². The molecule has 0 atom stereocenters. The van der Waals surface area contributed by atoms with E-state index < -0.39 is 5.60 Å². The van der Waals surface area contributed by atoms with E-state index in [2.05, 4.69) is 0 Å². The Balaban J connectivity index is 4.08. The number of hydrogen-bond donors (Lipinski definition) is 0. The highest BCUT2D eigenvalue weighted by Crippen LogP contribution is 2.10. The molecule has 76 valence electrons. The fraction of sp³-hybridized carbons (Fsp3) is 0.700. The van der Waals surface area contributed by atoms with E-state index in [-0.39, 0.29) is 5.97 Å². The van der Waals surface area contributed by atoms with Crippen LogP contribution < -0.4 is 0 Å². The van der Waals surface area contributed by atoms with Crippen LogP contribution in [-0.2, 0) is 9.53 Å². The molecule has 0 fully saturated rings. The highest BCUT2D eigenvalue weighted by molar-refractivity contribution is 5.82. The van der Waals surface area contributed by atoms with Crippen molar-refractivity contribution in [3.05, 3.63) is 12.2 Å². The summed E-state index contributed by atoms with van der Waals surface area (Å²) in [5, 5.41) is 0. The van der Waals surface area contributed by atoms with Gasteiger partial charge in [-0.3, -0.25) is 0 Å². The van der Waals surface area contributed by atoms with Crippen LogP contribution in [0.2, 0.25) is 0 Å². The predicted octanol–water partition coefficient (Wildman–Crippen LogP) is 1.45. The lowest BCUT2D eigenvalue weighted by Crippen LogP contribution is -2.38. The molecule has 3 heteroatoms. The van der Waals surface area contributed by atoms with Crippen molar-refractivity contribution in [1.29, 1.82) is 0 Å². The average molecular weight is 185 g/mol. The number of hydrogen-bond acceptors (Lipinski definition) is 3. The molecule has 13 heavy (non-hydrogen) atoms. The first-order chi connectivity index (χ1) is 5.87. The van der Waals surface area contributed by atoms with Gasteiger partial charge in [-0.15, -0.1) is 0 Å². The van der Waals surface area contributed by atoms with E-state index in [0.29, 0.717) is 0 Å². The summed E-state index contributed by atoms with van der Waals surface area (Å²) in [6, 6.07) is 0. The Morgan fingerprint density at radius 1 is 1.46 bits per heavy atom. The maximum Gasteiger partial charge on any atom is 0.330 e. The van der Waals surface area contributed by atoms with E-state index in [1.54, 1.807) is 13.0 Å². The zero-order chi connectivity index (χ0) is 10.5. The molecule has 0 amide bonds. The summed E-state index contributed by atoms with van der Waals surface area (Å²) in [6.45, 7) is 6.30. The summed E-state index contributed by atoms with van der Waals surface area (Å²) in [6.07, 6.45) is 3.10. The van der Waals surface area contributed by atoms with Gasteiger partial charge in [0.2, 0.25) is 0 Å². The number of ether oxygens (including phenoxy) is 1. The number of nitrogens with zero attached hydrogens (tertiary/aromatic N) is 1. The predicted molar refractivity (Wildman–Crippen MR) is 53.5 cm³/mol. The summed E-state index contributed by atoms with van der Waals surface area (Å²) in [5.74, 6) is -0.283. The molecule has 0 bridgehead atoms. The van der Waals surface area contributed by atoms with Crippen molar-refractivity contribution >= 4 is 5.97 Å². The first-order valence-electron chi connectivity index (χ1n) is 4.38. The van der Waals surface area contributed by atoms with E-state index in [1.165, 1.54) is 6.08 Å². The van der Waals surface area contributed by atoms with Crippen LogP contribution in [0.3, 0.4) is 0 Å². The summed E-state index contributed by atoms with van der Waals surface area (Å²) in [7, 11) is 3.90. The van der Waals surface area contributed by atoms with Gasteiger partial charge in [0.1, 0.15) is 5.60 Å². The molecule has 0 rings (SSSR count). The van der Waals surface area contributed by atoms with Gasteiger partial charge in [-0.1, -0.05) is 6.08 Å². The zero-order valence-electron chi connectivity index (χ0n) is 9.13. The van der Waals surface area contributed by atoms with Crippen molar-refractivity contribution in [2.75, 3.05) is 20.6 Å². The first kappa shape index (κ1) is 12.2. The topological polar surface area (TPSA) is 29.5 Å². The average Bonchev–Trinajstić information content (AvgIpc) is 1.81. The molecule has 0 heterocycles. The summed E-state index contributed by atoms with van der Waals surface area (Å²) in [4.78, 5) is 13.1. The largest absolute Gasteiger partial charge is 0.455 e. The molecule has 0 spiro atoms. The van der Waals surface area contributed by atoms with Crippen molar-refractivity contribution in [1.82, 2.24) is 4.90 Å². The van der Waals surface area contributed by atoms with E-state index >= 15 is 0 Å². The molecule has 0 aliphatic carbocycles. The molecule has 0 aromatic heterocycles. The highest BCUT2D eigenvalue weighted by atomic mass is 16.6. The lowest BCUT2D eigenvalue weighted by atomic mass is 10.1. The second-order valence-electron chi connectivity index (χ2n) is 3.92. The van der Waals surface area contributed by atoms with Crippen molar-refractivity contribution in [2.24, 2.45) is 0 Å². The number of allylic oxidation sites excluding steroid dienone is 1. The van der Waals surface area contributed by atoms with Gasteiger partial charge in [0.05, 0.1) is 0 Å². The molecule has 0 aromatic carbocycles. The monoisotopic (exact) mass is 185 g/mol. The van der Waals surface area contributed by atoms with E-state index in [9.17, 15) is 4.79 Å². The van der Waals surface area contributed by atoms with Crippen molar-refractivity contribution in [2.45, 2.75) is 26.4 Å². The maximum atomic E-state index is 11.1. The van der Waals surface area contributed by atoms with E-state index in [0.717, 1.165) is 6.54 Å². The van der Waals surface area contributed by atoms with Gasteiger partial charge in [0.25, 0.3) is 0 Å². The minimum atomic E-state index is -0.430. The number of likely N-dealkylation sites (N-methyl/N-ethyl adjacent to an activating group) is 1. The molecule has 0 saturated heterocycles. The Hall–Kier alpha value is -0.830. The van der Waals surface area contributed by atoms with Gasteiger partial charge < -0.3 is 9.64 Å². The Bertz CT molecular complexity index is 195. The van der Waals surface area contributed by atoms with Crippen LogP contribution in [0.1, 0.15) is 20.8 Å². The van der Waals surface area contributed by atoms with Gasteiger partial charge >= 0.3 is 5.97 Å². The van der Waals surface area contributed by atoms with E-state index in [4.69, 9.17) is 4.74 Å². The van der Waals surface area contributed by atoms with Crippen molar-refractivity contribution < 1.29 is 9.53 Å². The Labute approximate surface area is 80.4 Å². The molecule has 0 N–H and O–H groups in total. The molecule has 0 aliphatic heterocycles. The first-order valence-corrected chi connectivity index (χ1v) is 4.38. The zero-order valence-corrected chi connectivity index (χ0v) is 9.13. The van der Waals surface area contributed by atoms with Crippen molar-refractivity contribution in [3.8, 4) is 0 Å². The van der Waals surface area contributed by atoms with Crippen LogP contribution in [0, 0.1) is 0 Å². The third kappa shape index (κ3) is 6.34. The third-order valence-corrected chi connectivity index (χ3v) is 1.38. The van der Waals surface area contributed by atoms with Crippen LogP contribution in [-0.4, -0.2) is 37.1 Å². The van der Waals surface area contributed by atoms with Crippen molar-refractivity contribution in [3.63, 3.8) is 0 Å². The standard InChI is InChI=1S/C10H19NO2/c1-6-7-9(12)13-10(2,3)8-11(4)5/h6-7H,8H2,1-5H3. The molecule has 0 unspecified atom stereocenters. The summed E-state index contributed by atoms with van der Waals surface area (Å²) in [5.41, 5.74) is -0.430. The molecule has 0 aromatic rings. The molecular weight excluding hydrogens is 166 g/mol. The lowest BCUT2D eigenvalue weighted by molar-refractivity contribution is -0.151. The van der Waals surface area contributed by atoms with Crippen LogP contribution in [0.5, 0.6) is 0 Å². The second kappa shape index (κ2) is 5.02.